The number of halogens is 1. The summed E-state index contributed by atoms with van der Waals surface area (Å²) in [6.07, 6.45) is 0. The van der Waals surface area contributed by atoms with Gasteiger partial charge in [-0.3, -0.25) is 4.31 Å². The molecule has 0 radical (unpaired) electrons. The van der Waals surface area contributed by atoms with E-state index in [9.17, 15) is 12.8 Å². The normalized spacial score (nSPS) is 11.3. The van der Waals surface area contributed by atoms with Crippen LogP contribution in [0.25, 0.3) is 0 Å². The van der Waals surface area contributed by atoms with Gasteiger partial charge < -0.3 is 5.73 Å². The Labute approximate surface area is 124 Å². The minimum absolute atomic E-state index is 0.0652. The molecule has 0 atom stereocenters. The predicted octanol–water partition coefficient (Wildman–Crippen LogP) is 2.76. The Kier molecular flexibility index (Phi) is 4.47. The Morgan fingerprint density at radius 1 is 1.10 bits per heavy atom. The van der Waals surface area contributed by atoms with Gasteiger partial charge in [0.25, 0.3) is 0 Å². The first-order chi connectivity index (χ1) is 9.94. The van der Waals surface area contributed by atoms with Crippen molar-refractivity contribution in [3.63, 3.8) is 0 Å². The summed E-state index contributed by atoms with van der Waals surface area (Å²) in [6.45, 7) is 1.84. The Hall–Kier alpha value is -2.08. The molecule has 0 unspecified atom stereocenters. The molecule has 2 aromatic carbocycles. The van der Waals surface area contributed by atoms with Crippen molar-refractivity contribution in [1.82, 2.24) is 0 Å². The van der Waals surface area contributed by atoms with Crippen molar-refractivity contribution in [2.45, 2.75) is 12.7 Å². The Morgan fingerprint density at radius 3 is 2.29 bits per heavy atom. The van der Waals surface area contributed by atoms with Gasteiger partial charge in [0, 0.05) is 12.2 Å². The highest BCUT2D eigenvalue weighted by Crippen LogP contribution is 2.23. The summed E-state index contributed by atoms with van der Waals surface area (Å²) in [6, 6.07) is 12.4. The molecule has 0 saturated heterocycles. The highest BCUT2D eigenvalue weighted by Gasteiger charge is 2.23. The highest BCUT2D eigenvalue weighted by molar-refractivity contribution is 7.92. The molecule has 21 heavy (non-hydrogen) atoms. The SMILES string of the molecule is CCN(c1ccccc1F)S(=O)(=O)Cc1ccc(N)cc1. The van der Waals surface area contributed by atoms with Gasteiger partial charge in [-0.2, -0.15) is 0 Å². The molecular weight excluding hydrogens is 291 g/mol. The van der Waals surface area contributed by atoms with Gasteiger partial charge in [0.15, 0.2) is 0 Å². The average Bonchev–Trinajstić information content (AvgIpc) is 2.44. The average molecular weight is 308 g/mol. The maximum Gasteiger partial charge on any atom is 0.239 e. The molecule has 0 heterocycles. The van der Waals surface area contributed by atoms with Gasteiger partial charge in [-0.05, 0) is 36.8 Å². The molecule has 0 aromatic heterocycles. The number of anilines is 2. The van der Waals surface area contributed by atoms with Crippen molar-refractivity contribution in [2.75, 3.05) is 16.6 Å². The van der Waals surface area contributed by atoms with Crippen LogP contribution in [-0.4, -0.2) is 15.0 Å². The Morgan fingerprint density at radius 2 is 1.71 bits per heavy atom. The first-order valence-corrected chi connectivity index (χ1v) is 8.14. The van der Waals surface area contributed by atoms with Crippen LogP contribution in [-0.2, 0) is 15.8 Å². The molecule has 0 aliphatic heterocycles. The van der Waals surface area contributed by atoms with Crippen LogP contribution in [0, 0.1) is 5.82 Å². The predicted molar refractivity (Wildman–Crippen MR) is 82.9 cm³/mol. The molecule has 0 fully saturated rings. The van der Waals surface area contributed by atoms with Gasteiger partial charge in [-0.25, -0.2) is 12.8 Å². The fourth-order valence-electron chi connectivity index (χ4n) is 2.07. The van der Waals surface area contributed by atoms with E-state index in [1.165, 1.54) is 18.2 Å². The lowest BCUT2D eigenvalue weighted by Crippen LogP contribution is -2.32. The van der Waals surface area contributed by atoms with Crippen molar-refractivity contribution >= 4 is 21.4 Å². The number of nitrogen functional groups attached to an aromatic ring is 1. The molecule has 0 saturated carbocycles. The molecule has 0 bridgehead atoms. The standard InChI is InChI=1S/C15H17FN2O2S/c1-2-18(15-6-4-3-5-14(15)16)21(19,20)11-12-7-9-13(17)10-8-12/h3-10H,2,11,17H2,1H3. The molecule has 4 nitrogen and oxygen atoms in total. The van der Waals surface area contributed by atoms with E-state index in [0.717, 1.165) is 4.31 Å². The number of nitrogens with zero attached hydrogens (tertiary/aromatic N) is 1. The van der Waals surface area contributed by atoms with Crippen molar-refractivity contribution in [2.24, 2.45) is 0 Å². The number of sulfonamides is 1. The van der Waals surface area contributed by atoms with Crippen LogP contribution in [0.1, 0.15) is 12.5 Å². The van der Waals surface area contributed by atoms with E-state index in [-0.39, 0.29) is 18.0 Å². The van der Waals surface area contributed by atoms with E-state index < -0.39 is 15.8 Å². The largest absolute Gasteiger partial charge is 0.399 e. The second-order valence-corrected chi connectivity index (χ2v) is 6.51. The molecule has 2 aromatic rings. The summed E-state index contributed by atoms with van der Waals surface area (Å²) >= 11 is 0. The number of nitrogens with two attached hydrogens (primary N) is 1. The monoisotopic (exact) mass is 308 g/mol. The second kappa shape index (κ2) is 6.13. The third-order valence-electron chi connectivity index (χ3n) is 3.07. The topological polar surface area (TPSA) is 63.4 Å². The van der Waals surface area contributed by atoms with Crippen molar-refractivity contribution < 1.29 is 12.8 Å². The second-order valence-electron chi connectivity index (χ2n) is 4.61. The number of hydrogen-bond acceptors (Lipinski definition) is 3. The van der Waals surface area contributed by atoms with E-state index >= 15 is 0 Å². The maximum atomic E-state index is 13.8. The van der Waals surface area contributed by atoms with Gasteiger partial charge in [-0.1, -0.05) is 24.3 Å². The van der Waals surface area contributed by atoms with Crippen LogP contribution >= 0.6 is 0 Å². The van der Waals surface area contributed by atoms with Crippen LogP contribution < -0.4 is 10.0 Å². The summed E-state index contributed by atoms with van der Waals surface area (Å²) in [5, 5.41) is 0. The Balaban J connectivity index is 2.32. The van der Waals surface area contributed by atoms with Crippen molar-refractivity contribution in [1.29, 1.82) is 0 Å². The lowest BCUT2D eigenvalue weighted by atomic mass is 10.2. The minimum atomic E-state index is -3.66. The summed E-state index contributed by atoms with van der Waals surface area (Å²) < 4.78 is 39.9. The minimum Gasteiger partial charge on any atom is -0.399 e. The molecule has 0 amide bonds. The Bertz CT molecular complexity index is 715. The van der Waals surface area contributed by atoms with Crippen LogP contribution in [0.3, 0.4) is 0 Å². The lowest BCUT2D eigenvalue weighted by molar-refractivity contribution is 0.585. The quantitative estimate of drug-likeness (QED) is 0.864. The summed E-state index contributed by atoms with van der Waals surface area (Å²) in [4.78, 5) is 0. The van der Waals surface area contributed by atoms with Crippen molar-refractivity contribution in [3.8, 4) is 0 Å². The third kappa shape index (κ3) is 3.52. The van der Waals surface area contributed by atoms with Gasteiger partial charge in [0.2, 0.25) is 10.0 Å². The van der Waals surface area contributed by atoms with E-state index in [2.05, 4.69) is 0 Å². The van der Waals surface area contributed by atoms with Gasteiger partial charge in [0.05, 0.1) is 11.4 Å². The van der Waals surface area contributed by atoms with Gasteiger partial charge in [-0.15, -0.1) is 0 Å². The number of benzene rings is 2. The molecule has 0 aliphatic carbocycles. The lowest BCUT2D eigenvalue weighted by Gasteiger charge is -2.23. The van der Waals surface area contributed by atoms with Crippen LogP contribution in [0.4, 0.5) is 15.8 Å². The van der Waals surface area contributed by atoms with Gasteiger partial charge >= 0.3 is 0 Å². The van der Waals surface area contributed by atoms with E-state index in [1.807, 2.05) is 0 Å². The number of rotatable bonds is 5. The van der Waals surface area contributed by atoms with Crippen LogP contribution in [0.2, 0.25) is 0 Å². The van der Waals surface area contributed by atoms with E-state index in [1.54, 1.807) is 37.3 Å². The molecular formula is C15H17FN2O2S. The van der Waals surface area contributed by atoms with E-state index in [4.69, 9.17) is 5.73 Å². The molecule has 2 rings (SSSR count). The zero-order valence-electron chi connectivity index (χ0n) is 11.7. The molecule has 112 valence electrons. The fourth-order valence-corrected chi connectivity index (χ4v) is 3.68. The first kappa shape index (κ1) is 15.3. The molecule has 6 heteroatoms. The van der Waals surface area contributed by atoms with Gasteiger partial charge in [0.1, 0.15) is 5.82 Å². The fraction of sp³-hybridized carbons (Fsp3) is 0.200. The zero-order chi connectivity index (χ0) is 15.5. The van der Waals surface area contributed by atoms with Crippen LogP contribution in [0.15, 0.2) is 48.5 Å². The smallest absolute Gasteiger partial charge is 0.239 e. The highest BCUT2D eigenvalue weighted by atomic mass is 32.2. The molecule has 0 aliphatic rings. The van der Waals surface area contributed by atoms with Crippen LogP contribution in [0.5, 0.6) is 0 Å². The summed E-state index contributed by atoms with van der Waals surface area (Å²) in [5.41, 5.74) is 6.82. The summed E-state index contributed by atoms with van der Waals surface area (Å²) in [7, 11) is -3.66. The maximum absolute atomic E-state index is 13.8. The molecule has 0 spiro atoms. The third-order valence-corrected chi connectivity index (χ3v) is 4.90. The molecule has 2 N–H and O–H groups in total. The summed E-state index contributed by atoms with van der Waals surface area (Å²) in [5.74, 6) is -0.754. The zero-order valence-corrected chi connectivity index (χ0v) is 12.5. The number of para-hydroxylation sites is 1. The number of hydrogen-bond donors (Lipinski definition) is 1. The first-order valence-electron chi connectivity index (χ1n) is 6.53. The van der Waals surface area contributed by atoms with E-state index in [0.29, 0.717) is 11.3 Å². The van der Waals surface area contributed by atoms with Crippen molar-refractivity contribution in [3.05, 3.63) is 59.9 Å².